The number of aliphatic hydroxyl groups is 1. The zero-order valence-electron chi connectivity index (χ0n) is 11.0. The summed E-state index contributed by atoms with van der Waals surface area (Å²) in [6.07, 6.45) is 6.08. The molecule has 3 N–H and O–H groups in total. The highest BCUT2D eigenvalue weighted by Gasteiger charge is 2.09. The topological polar surface area (TPSA) is 58.6 Å². The molecule has 0 unspecified atom stereocenters. The summed E-state index contributed by atoms with van der Waals surface area (Å²) in [7, 11) is 0. The predicted molar refractivity (Wildman–Crippen MR) is 74.8 cm³/mol. The molecule has 100 valence electrons. The van der Waals surface area contributed by atoms with Crippen LogP contribution < -0.4 is 5.73 Å². The zero-order chi connectivity index (χ0) is 14.0. The van der Waals surface area contributed by atoms with Crippen molar-refractivity contribution in [3.05, 3.63) is 48.1 Å². The van der Waals surface area contributed by atoms with E-state index in [2.05, 4.69) is 11.6 Å². The molecule has 0 atom stereocenters. The third-order valence-corrected chi connectivity index (χ3v) is 2.53. The minimum Gasteiger partial charge on any atom is -0.401 e. The molecule has 0 rings (SSSR count). The lowest BCUT2D eigenvalue weighted by molar-refractivity contribution is 0.357. The van der Waals surface area contributed by atoms with E-state index in [1.165, 1.54) is 12.3 Å². The summed E-state index contributed by atoms with van der Waals surface area (Å²) in [6.45, 7) is 7.05. The molecule has 0 aromatic rings. The van der Waals surface area contributed by atoms with Crippen LogP contribution >= 0.6 is 0 Å². The molecule has 0 amide bonds. The van der Waals surface area contributed by atoms with Gasteiger partial charge >= 0.3 is 0 Å². The molecule has 0 bridgehead atoms. The van der Waals surface area contributed by atoms with Crippen LogP contribution in [0.15, 0.2) is 53.1 Å². The van der Waals surface area contributed by atoms with Gasteiger partial charge in [0, 0.05) is 18.3 Å². The molecule has 0 aliphatic carbocycles. The molecule has 0 heterocycles. The van der Waals surface area contributed by atoms with Gasteiger partial charge in [0.15, 0.2) is 0 Å². The van der Waals surface area contributed by atoms with Crippen molar-refractivity contribution in [1.82, 2.24) is 0 Å². The maximum atomic E-state index is 12.2. The Kier molecular flexibility index (Phi) is 8.49. The lowest BCUT2D eigenvalue weighted by Gasteiger charge is -2.11. The Morgan fingerprint density at radius 3 is 2.56 bits per heavy atom. The molecule has 0 saturated carbocycles. The number of hydrogen-bond donors (Lipinski definition) is 2. The van der Waals surface area contributed by atoms with E-state index in [0.29, 0.717) is 30.6 Å². The van der Waals surface area contributed by atoms with Crippen molar-refractivity contribution >= 4 is 5.71 Å². The van der Waals surface area contributed by atoms with Crippen molar-refractivity contribution in [2.24, 2.45) is 10.7 Å². The zero-order valence-corrected chi connectivity index (χ0v) is 11.0. The van der Waals surface area contributed by atoms with E-state index in [9.17, 15) is 9.50 Å². The maximum absolute atomic E-state index is 12.2. The number of rotatable bonds is 7. The molecular formula is C14H21FN2O. The highest BCUT2D eigenvalue weighted by molar-refractivity contribution is 6.01. The number of aliphatic hydroxyl groups excluding tert-OH is 1. The number of nitrogens with zero attached hydrogens (tertiary/aromatic N) is 1. The van der Waals surface area contributed by atoms with Gasteiger partial charge in [-0.25, -0.2) is 4.39 Å². The summed E-state index contributed by atoms with van der Waals surface area (Å²) in [5.74, 6) is 0. The van der Waals surface area contributed by atoms with E-state index >= 15 is 0 Å². The van der Waals surface area contributed by atoms with E-state index < -0.39 is 0 Å². The fourth-order valence-corrected chi connectivity index (χ4v) is 1.61. The Morgan fingerprint density at radius 1 is 1.50 bits per heavy atom. The van der Waals surface area contributed by atoms with E-state index in [0.717, 1.165) is 11.1 Å². The van der Waals surface area contributed by atoms with Crippen LogP contribution in [-0.4, -0.2) is 17.4 Å². The average Bonchev–Trinajstić information content (AvgIpc) is 2.37. The van der Waals surface area contributed by atoms with Gasteiger partial charge in [0.05, 0.1) is 18.6 Å². The second kappa shape index (κ2) is 9.36. The molecule has 0 spiro atoms. The van der Waals surface area contributed by atoms with Crippen LogP contribution in [0.4, 0.5) is 4.39 Å². The minimum absolute atomic E-state index is 0.194. The summed E-state index contributed by atoms with van der Waals surface area (Å²) in [5.41, 5.74) is 8.64. The number of halogens is 1. The summed E-state index contributed by atoms with van der Waals surface area (Å²) in [5, 5.41) is 9.25. The van der Waals surface area contributed by atoms with Gasteiger partial charge < -0.3 is 10.8 Å². The van der Waals surface area contributed by atoms with Gasteiger partial charge in [-0.15, -0.1) is 0 Å². The largest absolute Gasteiger partial charge is 0.401 e. The number of allylic oxidation sites excluding steroid dienone is 3. The van der Waals surface area contributed by atoms with Gasteiger partial charge in [-0.05, 0) is 30.6 Å². The SMILES string of the molecule is C=CN=C(CO)/C(CC)=C(\N)CC(/C=C\F)=C/C. The Balaban J connectivity index is 5.26. The highest BCUT2D eigenvalue weighted by atomic mass is 19.1. The van der Waals surface area contributed by atoms with Crippen LogP contribution in [0.3, 0.4) is 0 Å². The first kappa shape index (κ1) is 16.3. The van der Waals surface area contributed by atoms with E-state index in [-0.39, 0.29) is 6.61 Å². The normalized spacial score (nSPS) is 14.9. The molecule has 0 fully saturated rings. The third-order valence-electron chi connectivity index (χ3n) is 2.53. The van der Waals surface area contributed by atoms with Gasteiger partial charge in [-0.1, -0.05) is 19.6 Å². The van der Waals surface area contributed by atoms with Gasteiger partial charge in [-0.3, -0.25) is 4.99 Å². The molecule has 3 nitrogen and oxygen atoms in total. The van der Waals surface area contributed by atoms with Crippen molar-refractivity contribution in [2.75, 3.05) is 6.61 Å². The molecule has 0 aliphatic heterocycles. The highest BCUT2D eigenvalue weighted by Crippen LogP contribution is 2.16. The van der Waals surface area contributed by atoms with Gasteiger partial charge in [0.25, 0.3) is 0 Å². The third kappa shape index (κ3) is 5.10. The van der Waals surface area contributed by atoms with Crippen molar-refractivity contribution in [3.8, 4) is 0 Å². The molecule has 0 saturated heterocycles. The van der Waals surface area contributed by atoms with Crippen LogP contribution in [-0.2, 0) is 0 Å². The standard InChI is InChI=1S/C14H21FN2O/c1-4-11(7-8-15)9-13(16)12(5-2)14(10-18)17-6-3/h4,6-8,18H,3,5,9-10,16H2,1-2H3/b8-7-,11-4+,13-12-,17-14?. The second-order valence-corrected chi connectivity index (χ2v) is 3.61. The number of aliphatic imine (C=N–C) groups is 1. The quantitative estimate of drug-likeness (QED) is 0.540. The van der Waals surface area contributed by atoms with Crippen molar-refractivity contribution in [3.63, 3.8) is 0 Å². The molecule has 0 radical (unpaired) electrons. The molecule has 0 aliphatic rings. The van der Waals surface area contributed by atoms with Crippen molar-refractivity contribution in [1.29, 1.82) is 0 Å². The minimum atomic E-state index is -0.194. The average molecular weight is 252 g/mol. The molecule has 4 heteroatoms. The number of hydrogen-bond acceptors (Lipinski definition) is 3. The monoisotopic (exact) mass is 252 g/mol. The summed E-state index contributed by atoms with van der Waals surface area (Å²) in [4.78, 5) is 4.00. The van der Waals surface area contributed by atoms with E-state index in [4.69, 9.17) is 5.73 Å². The maximum Gasteiger partial charge on any atom is 0.0869 e. The summed E-state index contributed by atoms with van der Waals surface area (Å²) >= 11 is 0. The van der Waals surface area contributed by atoms with E-state index in [1.807, 2.05) is 13.8 Å². The van der Waals surface area contributed by atoms with Gasteiger partial charge in [0.1, 0.15) is 0 Å². The van der Waals surface area contributed by atoms with Crippen LogP contribution in [0, 0.1) is 0 Å². The van der Waals surface area contributed by atoms with Crippen LogP contribution in [0.5, 0.6) is 0 Å². The Morgan fingerprint density at radius 2 is 2.17 bits per heavy atom. The van der Waals surface area contributed by atoms with Gasteiger partial charge in [-0.2, -0.15) is 0 Å². The number of nitrogens with two attached hydrogens (primary N) is 1. The smallest absolute Gasteiger partial charge is 0.0869 e. The lowest BCUT2D eigenvalue weighted by atomic mass is 10.0. The first-order chi connectivity index (χ1) is 8.64. The Hall–Kier alpha value is -1.68. The molecule has 0 aromatic heterocycles. The van der Waals surface area contributed by atoms with Gasteiger partial charge in [0.2, 0.25) is 0 Å². The molecule has 0 aromatic carbocycles. The lowest BCUT2D eigenvalue weighted by Crippen LogP contribution is -2.14. The molecular weight excluding hydrogens is 231 g/mol. The predicted octanol–water partition coefficient (Wildman–Crippen LogP) is 3.01. The van der Waals surface area contributed by atoms with Crippen molar-refractivity contribution < 1.29 is 9.50 Å². The fraction of sp³-hybridized carbons (Fsp3) is 0.357. The fourth-order valence-electron chi connectivity index (χ4n) is 1.61. The molecule has 18 heavy (non-hydrogen) atoms. The summed E-state index contributed by atoms with van der Waals surface area (Å²) < 4.78 is 12.2. The second-order valence-electron chi connectivity index (χ2n) is 3.61. The Bertz CT molecular complexity index is 393. The van der Waals surface area contributed by atoms with E-state index in [1.54, 1.807) is 6.08 Å². The summed E-state index contributed by atoms with van der Waals surface area (Å²) in [6, 6.07) is 0. The van der Waals surface area contributed by atoms with Crippen LogP contribution in [0.25, 0.3) is 0 Å². The van der Waals surface area contributed by atoms with Crippen LogP contribution in [0.1, 0.15) is 26.7 Å². The Labute approximate surface area is 108 Å². The first-order valence-corrected chi connectivity index (χ1v) is 5.82. The van der Waals surface area contributed by atoms with Crippen molar-refractivity contribution in [2.45, 2.75) is 26.7 Å². The first-order valence-electron chi connectivity index (χ1n) is 5.82. The van der Waals surface area contributed by atoms with Crippen LogP contribution in [0.2, 0.25) is 0 Å².